The number of rotatable bonds is 0. The predicted molar refractivity (Wildman–Crippen MR) is 81.7 cm³/mol. The van der Waals surface area contributed by atoms with Gasteiger partial charge in [-0.3, -0.25) is 4.40 Å². The molecule has 0 spiro atoms. The first kappa shape index (κ1) is 11.2. The normalized spacial score (nSPS) is 17.8. The summed E-state index contributed by atoms with van der Waals surface area (Å²) in [6.45, 7) is 4.63. The van der Waals surface area contributed by atoms with Crippen LogP contribution in [0.4, 0.5) is 0 Å². The van der Waals surface area contributed by atoms with Crippen molar-refractivity contribution in [3.63, 3.8) is 0 Å². The summed E-state index contributed by atoms with van der Waals surface area (Å²) in [5.74, 6) is 0. The number of para-hydroxylation sites is 1. The molecule has 0 saturated heterocycles. The largest absolute Gasteiger partial charge is 0.283 e. The van der Waals surface area contributed by atoms with Crippen molar-refractivity contribution in [2.45, 2.75) is 26.7 Å². The van der Waals surface area contributed by atoms with Crippen molar-refractivity contribution in [1.29, 1.82) is 0 Å². The molecule has 2 nitrogen and oxygen atoms in total. The highest BCUT2D eigenvalue weighted by Gasteiger charge is 2.25. The van der Waals surface area contributed by atoms with E-state index in [-0.39, 0.29) is 0 Å². The second-order valence-electron chi connectivity index (χ2n) is 6.08. The van der Waals surface area contributed by atoms with E-state index < -0.39 is 0 Å². The first-order valence-electron chi connectivity index (χ1n) is 6.69. The molecule has 0 N–H and O–H groups in total. The molecule has 0 atom stereocenters. The molecule has 2 heterocycles. The van der Waals surface area contributed by atoms with Crippen LogP contribution in [0.2, 0.25) is 0 Å². The Balaban J connectivity index is 2.07. The van der Waals surface area contributed by atoms with E-state index in [0.29, 0.717) is 5.41 Å². The lowest BCUT2D eigenvalue weighted by molar-refractivity contribution is 0.368. The van der Waals surface area contributed by atoms with Crippen molar-refractivity contribution in [2.24, 2.45) is 5.41 Å². The minimum atomic E-state index is 0.307. The number of thiazole rings is 1. The van der Waals surface area contributed by atoms with E-state index in [1.165, 1.54) is 21.6 Å². The van der Waals surface area contributed by atoms with E-state index >= 15 is 0 Å². The molecule has 2 aromatic heterocycles. The van der Waals surface area contributed by atoms with Gasteiger partial charge in [0.25, 0.3) is 0 Å². The molecule has 0 aliphatic heterocycles. The van der Waals surface area contributed by atoms with Crippen LogP contribution in [-0.2, 0) is 6.42 Å². The van der Waals surface area contributed by atoms with Gasteiger partial charge >= 0.3 is 0 Å². The summed E-state index contributed by atoms with van der Waals surface area (Å²) in [5.41, 5.74) is 4.11. The van der Waals surface area contributed by atoms with Crippen LogP contribution in [0.15, 0.2) is 30.3 Å². The third-order valence-electron chi connectivity index (χ3n) is 3.86. The van der Waals surface area contributed by atoms with Crippen LogP contribution in [0.5, 0.6) is 0 Å². The maximum atomic E-state index is 4.88. The van der Waals surface area contributed by atoms with Crippen molar-refractivity contribution in [2.75, 3.05) is 0 Å². The molecule has 0 saturated carbocycles. The third kappa shape index (κ3) is 1.65. The van der Waals surface area contributed by atoms with Crippen LogP contribution in [0.3, 0.4) is 0 Å². The monoisotopic (exact) mass is 268 g/mol. The number of aromatic nitrogens is 2. The van der Waals surface area contributed by atoms with Crippen LogP contribution in [0.1, 0.15) is 31.7 Å². The zero-order valence-corrected chi connectivity index (χ0v) is 12.0. The van der Waals surface area contributed by atoms with E-state index in [1.54, 1.807) is 11.3 Å². The van der Waals surface area contributed by atoms with Crippen molar-refractivity contribution < 1.29 is 0 Å². The fraction of sp³-hybridized carbons (Fsp3) is 0.312. The maximum Gasteiger partial charge on any atom is 0.195 e. The molecule has 0 unspecified atom stereocenters. The zero-order valence-electron chi connectivity index (χ0n) is 11.2. The van der Waals surface area contributed by atoms with Gasteiger partial charge < -0.3 is 0 Å². The van der Waals surface area contributed by atoms with Crippen molar-refractivity contribution in [1.82, 2.24) is 9.38 Å². The lowest BCUT2D eigenvalue weighted by Crippen LogP contribution is -2.13. The molecule has 4 rings (SSSR count). The number of fused-ring (bicyclic) bond motifs is 5. The highest BCUT2D eigenvalue weighted by atomic mass is 32.1. The lowest BCUT2D eigenvalue weighted by atomic mass is 9.85. The van der Waals surface area contributed by atoms with Crippen molar-refractivity contribution in [3.05, 3.63) is 41.7 Å². The topological polar surface area (TPSA) is 17.3 Å². The highest BCUT2D eigenvalue weighted by molar-refractivity contribution is 7.23. The fourth-order valence-corrected chi connectivity index (χ4v) is 3.95. The van der Waals surface area contributed by atoms with Crippen LogP contribution < -0.4 is 0 Å². The van der Waals surface area contributed by atoms with E-state index in [9.17, 15) is 0 Å². The summed E-state index contributed by atoms with van der Waals surface area (Å²) >= 11 is 1.78. The summed E-state index contributed by atoms with van der Waals surface area (Å²) in [7, 11) is 0. The van der Waals surface area contributed by atoms with Gasteiger partial charge in [0.1, 0.15) is 0 Å². The average molecular weight is 268 g/mol. The van der Waals surface area contributed by atoms with Crippen LogP contribution in [-0.4, -0.2) is 9.38 Å². The Kier molecular flexibility index (Phi) is 2.19. The number of allylic oxidation sites excluding steroid dienone is 1. The number of hydrogen-bond donors (Lipinski definition) is 0. The molecule has 0 bridgehead atoms. The molecule has 1 aromatic carbocycles. The first-order valence-corrected chi connectivity index (χ1v) is 7.51. The number of benzene rings is 1. The Bertz CT molecular complexity index is 805. The molecule has 3 aromatic rings. The number of hydrogen-bond acceptors (Lipinski definition) is 2. The molecule has 3 heteroatoms. The second-order valence-corrected chi connectivity index (χ2v) is 7.09. The Morgan fingerprint density at radius 2 is 2.11 bits per heavy atom. The zero-order chi connectivity index (χ0) is 13.0. The van der Waals surface area contributed by atoms with Gasteiger partial charge in [-0.15, -0.1) is 0 Å². The van der Waals surface area contributed by atoms with E-state index in [4.69, 9.17) is 4.98 Å². The summed E-state index contributed by atoms with van der Waals surface area (Å²) < 4.78 is 3.62. The molecule has 96 valence electrons. The quantitative estimate of drug-likeness (QED) is 0.585. The lowest BCUT2D eigenvalue weighted by Gasteiger charge is -2.20. The Labute approximate surface area is 116 Å². The molecular formula is C16H16N2S. The molecule has 19 heavy (non-hydrogen) atoms. The molecule has 0 fully saturated rings. The van der Waals surface area contributed by atoms with Crippen molar-refractivity contribution in [3.8, 4) is 0 Å². The third-order valence-corrected chi connectivity index (χ3v) is 4.88. The van der Waals surface area contributed by atoms with Gasteiger partial charge in [0.15, 0.2) is 4.96 Å². The van der Waals surface area contributed by atoms with Gasteiger partial charge in [0.05, 0.1) is 21.6 Å². The van der Waals surface area contributed by atoms with E-state index in [1.807, 2.05) is 0 Å². The van der Waals surface area contributed by atoms with Gasteiger partial charge in [0.2, 0.25) is 0 Å². The standard InChI is InChI=1S/C16H16N2S/c1-16(2)9-5-7-12-11(10-16)17-15-18(12)13-6-3-4-8-14(13)19-15/h3-8H,9-10H2,1-2H3. The smallest absolute Gasteiger partial charge is 0.195 e. The summed E-state index contributed by atoms with van der Waals surface area (Å²) in [6.07, 6.45) is 6.72. The molecule has 1 aliphatic carbocycles. The average Bonchev–Trinajstić information content (AvgIpc) is 2.81. The van der Waals surface area contributed by atoms with Crippen LogP contribution in [0.25, 0.3) is 21.3 Å². The second kappa shape index (κ2) is 3.70. The van der Waals surface area contributed by atoms with E-state index in [0.717, 1.165) is 17.8 Å². The van der Waals surface area contributed by atoms with Crippen LogP contribution >= 0.6 is 11.3 Å². The molecule has 0 amide bonds. The Hall–Kier alpha value is -1.61. The van der Waals surface area contributed by atoms with Crippen LogP contribution in [0, 0.1) is 5.41 Å². The highest BCUT2D eigenvalue weighted by Crippen LogP contribution is 2.35. The van der Waals surface area contributed by atoms with Gasteiger partial charge in [-0.05, 0) is 36.5 Å². The predicted octanol–water partition coefficient (Wildman–Crippen LogP) is 4.53. The first-order chi connectivity index (χ1) is 9.14. The molecule has 0 radical (unpaired) electrons. The van der Waals surface area contributed by atoms with Crippen molar-refractivity contribution >= 4 is 32.6 Å². The van der Waals surface area contributed by atoms with Gasteiger partial charge in [0, 0.05) is 0 Å². The SMILES string of the molecule is CC1(C)CC=Cc2c(nc3sc4ccccc4n23)C1. The maximum absolute atomic E-state index is 4.88. The van der Waals surface area contributed by atoms with E-state index in [2.05, 4.69) is 54.7 Å². The van der Waals surface area contributed by atoms with Gasteiger partial charge in [-0.1, -0.05) is 43.4 Å². The number of imidazole rings is 1. The summed E-state index contributed by atoms with van der Waals surface area (Å²) in [5, 5.41) is 0. The summed E-state index contributed by atoms with van der Waals surface area (Å²) in [6, 6.07) is 8.55. The molecule has 1 aliphatic rings. The Morgan fingerprint density at radius 1 is 1.26 bits per heavy atom. The summed E-state index contributed by atoms with van der Waals surface area (Å²) in [4.78, 5) is 6.00. The molecular weight excluding hydrogens is 252 g/mol. The van der Waals surface area contributed by atoms with Gasteiger partial charge in [-0.2, -0.15) is 0 Å². The minimum Gasteiger partial charge on any atom is -0.283 e. The fourth-order valence-electron chi connectivity index (χ4n) is 2.90. The Morgan fingerprint density at radius 3 is 3.00 bits per heavy atom. The van der Waals surface area contributed by atoms with Gasteiger partial charge in [-0.25, -0.2) is 4.98 Å². The number of nitrogens with zero attached hydrogens (tertiary/aromatic N) is 2. The minimum absolute atomic E-state index is 0.307.